The van der Waals surface area contributed by atoms with Crippen molar-refractivity contribution in [2.75, 3.05) is 26.1 Å². The number of rotatable bonds is 10. The number of benzene rings is 3. The molecule has 3 N–H and O–H groups in total. The van der Waals surface area contributed by atoms with Crippen molar-refractivity contribution in [3.05, 3.63) is 80.8 Å². The zero-order valence-corrected chi connectivity index (χ0v) is 23.7. The number of amides is 3. The number of ether oxygens (including phenoxy) is 3. The second kappa shape index (κ2) is 14.2. The van der Waals surface area contributed by atoms with Crippen LogP contribution in [0.2, 0.25) is 5.02 Å². The van der Waals surface area contributed by atoms with E-state index in [2.05, 4.69) is 37.1 Å². The van der Waals surface area contributed by atoms with Crippen molar-refractivity contribution in [1.29, 1.82) is 0 Å². The lowest BCUT2D eigenvalue weighted by atomic mass is 10.2. The molecule has 0 saturated carbocycles. The number of carbonyl (C=O) groups excluding carboxylic acids is 3. The highest BCUT2D eigenvalue weighted by atomic mass is 79.9. The number of methoxy groups -OCH3 is 2. The summed E-state index contributed by atoms with van der Waals surface area (Å²) in [5, 5.41) is 9.60. The number of carbonyl (C=O) groups is 3. The van der Waals surface area contributed by atoms with Crippen LogP contribution in [0.25, 0.3) is 0 Å². The van der Waals surface area contributed by atoms with Crippen LogP contribution in [-0.4, -0.2) is 44.8 Å². The molecule has 39 heavy (non-hydrogen) atoms. The van der Waals surface area contributed by atoms with Crippen LogP contribution in [0.1, 0.15) is 16.7 Å². The molecule has 0 heterocycles. The maximum absolute atomic E-state index is 12.4. The minimum absolute atomic E-state index is 0.169. The first kappa shape index (κ1) is 29.5. The van der Waals surface area contributed by atoms with E-state index in [4.69, 9.17) is 25.8 Å². The summed E-state index contributed by atoms with van der Waals surface area (Å²) in [6, 6.07) is 15.5. The molecule has 3 rings (SSSR count). The molecule has 0 bridgehead atoms. The van der Waals surface area contributed by atoms with Crippen molar-refractivity contribution in [1.82, 2.24) is 10.7 Å². The lowest BCUT2D eigenvalue weighted by molar-refractivity contribution is -0.139. The third-order valence-corrected chi connectivity index (χ3v) is 6.10. The van der Waals surface area contributed by atoms with Gasteiger partial charge in [0.05, 0.1) is 24.9 Å². The van der Waals surface area contributed by atoms with Gasteiger partial charge in [0.25, 0.3) is 5.91 Å². The summed E-state index contributed by atoms with van der Waals surface area (Å²) in [5.74, 6) is -0.832. The first-order valence-corrected chi connectivity index (χ1v) is 12.7. The standard InChI is InChI=1S/C27H26BrClN4O6/c1-16-4-7-19(29)12-22(16)32-24(34)15-39-25-21(28)10-18(11-23(25)38-3)14-31-33-27(36)26(35)30-13-17-5-8-20(37-2)9-6-17/h4-12,14H,13,15H2,1-3H3,(H,30,35)(H,32,34)(H,33,36)/b31-14-. The fourth-order valence-corrected chi connectivity index (χ4v) is 3.98. The summed E-state index contributed by atoms with van der Waals surface area (Å²) in [5.41, 5.74) is 4.96. The molecule has 0 aliphatic carbocycles. The Labute approximate surface area is 238 Å². The largest absolute Gasteiger partial charge is 0.497 e. The van der Waals surface area contributed by atoms with Gasteiger partial charge in [-0.15, -0.1) is 0 Å². The van der Waals surface area contributed by atoms with Gasteiger partial charge < -0.3 is 24.8 Å². The van der Waals surface area contributed by atoms with Crippen LogP contribution in [0.4, 0.5) is 5.69 Å². The van der Waals surface area contributed by atoms with E-state index in [1.165, 1.54) is 13.3 Å². The topological polar surface area (TPSA) is 127 Å². The Hall–Kier alpha value is -4.09. The van der Waals surface area contributed by atoms with Crippen LogP contribution in [0.5, 0.6) is 17.2 Å². The van der Waals surface area contributed by atoms with Gasteiger partial charge in [0.15, 0.2) is 18.1 Å². The fraction of sp³-hybridized carbons (Fsp3) is 0.185. The number of halogens is 2. The minimum atomic E-state index is -0.924. The van der Waals surface area contributed by atoms with Crippen molar-refractivity contribution in [2.24, 2.45) is 5.10 Å². The first-order valence-electron chi connectivity index (χ1n) is 11.5. The van der Waals surface area contributed by atoms with Crippen LogP contribution < -0.4 is 30.3 Å². The van der Waals surface area contributed by atoms with Crippen LogP contribution in [0.15, 0.2) is 64.2 Å². The SMILES string of the molecule is COc1ccc(CNC(=O)C(=O)N/N=C\c2cc(Br)c(OCC(=O)Nc3cc(Cl)ccc3C)c(OC)c2)cc1. The van der Waals surface area contributed by atoms with Crippen LogP contribution in [0.3, 0.4) is 0 Å². The summed E-state index contributed by atoms with van der Waals surface area (Å²) in [4.78, 5) is 36.5. The lowest BCUT2D eigenvalue weighted by Gasteiger charge is -2.14. The predicted octanol–water partition coefficient (Wildman–Crippen LogP) is 4.21. The average molecular weight is 618 g/mol. The van der Waals surface area contributed by atoms with Crippen molar-refractivity contribution in [3.63, 3.8) is 0 Å². The Morgan fingerprint density at radius 3 is 2.44 bits per heavy atom. The molecule has 0 aliphatic rings. The van der Waals surface area contributed by atoms with E-state index in [1.54, 1.807) is 61.7 Å². The average Bonchev–Trinajstić information content (AvgIpc) is 2.93. The fourth-order valence-electron chi connectivity index (χ4n) is 3.23. The van der Waals surface area contributed by atoms with Crippen molar-refractivity contribution in [2.45, 2.75) is 13.5 Å². The van der Waals surface area contributed by atoms with Crippen molar-refractivity contribution in [3.8, 4) is 17.2 Å². The third kappa shape index (κ3) is 8.72. The summed E-state index contributed by atoms with van der Waals surface area (Å²) in [7, 11) is 3.00. The van der Waals surface area contributed by atoms with Crippen LogP contribution >= 0.6 is 27.5 Å². The molecular formula is C27H26BrClN4O6. The van der Waals surface area contributed by atoms with Crippen molar-refractivity contribution < 1.29 is 28.6 Å². The number of hydrogen-bond donors (Lipinski definition) is 3. The number of nitrogens with one attached hydrogen (secondary N) is 3. The maximum atomic E-state index is 12.4. The van der Waals surface area contributed by atoms with E-state index >= 15 is 0 Å². The molecule has 0 saturated heterocycles. The molecule has 204 valence electrons. The van der Waals surface area contributed by atoms with E-state index in [9.17, 15) is 14.4 Å². The Kier molecular flexibility index (Phi) is 10.7. The van der Waals surface area contributed by atoms with Gasteiger partial charge in [-0.1, -0.05) is 29.8 Å². The highest BCUT2D eigenvalue weighted by molar-refractivity contribution is 9.10. The summed E-state index contributed by atoms with van der Waals surface area (Å²) in [6.07, 6.45) is 1.33. The summed E-state index contributed by atoms with van der Waals surface area (Å²) in [6.45, 7) is 1.74. The van der Waals surface area contributed by atoms with E-state index in [-0.39, 0.29) is 19.1 Å². The molecule has 10 nitrogen and oxygen atoms in total. The minimum Gasteiger partial charge on any atom is -0.497 e. The van der Waals surface area contributed by atoms with Gasteiger partial charge in [-0.3, -0.25) is 14.4 Å². The van der Waals surface area contributed by atoms with Gasteiger partial charge in [-0.2, -0.15) is 5.10 Å². The van der Waals surface area contributed by atoms with E-state index in [0.29, 0.717) is 38.0 Å². The molecule has 0 aromatic heterocycles. The number of hydrazone groups is 1. The molecule has 0 unspecified atom stereocenters. The Bertz CT molecular complexity index is 1380. The molecular weight excluding hydrogens is 592 g/mol. The molecule has 0 radical (unpaired) electrons. The van der Waals surface area contributed by atoms with Gasteiger partial charge in [-0.25, -0.2) is 5.43 Å². The zero-order chi connectivity index (χ0) is 28.4. The molecule has 3 aromatic carbocycles. The van der Waals surface area contributed by atoms with Gasteiger partial charge in [0, 0.05) is 17.3 Å². The number of anilines is 1. The molecule has 0 atom stereocenters. The maximum Gasteiger partial charge on any atom is 0.329 e. The molecule has 0 fully saturated rings. The van der Waals surface area contributed by atoms with Crippen molar-refractivity contribution >= 4 is 57.2 Å². The van der Waals surface area contributed by atoms with Crippen LogP contribution in [0, 0.1) is 6.92 Å². The monoisotopic (exact) mass is 616 g/mol. The zero-order valence-electron chi connectivity index (χ0n) is 21.3. The summed E-state index contributed by atoms with van der Waals surface area (Å²) >= 11 is 9.40. The van der Waals surface area contributed by atoms with E-state index < -0.39 is 11.8 Å². The Morgan fingerprint density at radius 1 is 1.00 bits per heavy atom. The predicted molar refractivity (Wildman–Crippen MR) is 152 cm³/mol. The smallest absolute Gasteiger partial charge is 0.329 e. The van der Waals surface area contributed by atoms with Crippen LogP contribution in [-0.2, 0) is 20.9 Å². The van der Waals surface area contributed by atoms with Gasteiger partial charge in [0.2, 0.25) is 0 Å². The van der Waals surface area contributed by atoms with Gasteiger partial charge in [-0.05, 0) is 75.9 Å². The second-order valence-corrected chi connectivity index (χ2v) is 9.35. The number of hydrogen-bond acceptors (Lipinski definition) is 7. The Balaban J connectivity index is 1.54. The lowest BCUT2D eigenvalue weighted by Crippen LogP contribution is -2.37. The third-order valence-electron chi connectivity index (χ3n) is 5.27. The molecule has 3 aromatic rings. The van der Waals surface area contributed by atoms with Gasteiger partial charge >= 0.3 is 11.8 Å². The molecule has 3 amide bonds. The van der Waals surface area contributed by atoms with E-state index in [0.717, 1.165) is 11.1 Å². The molecule has 0 aliphatic heterocycles. The highest BCUT2D eigenvalue weighted by Gasteiger charge is 2.15. The normalized spacial score (nSPS) is 10.6. The Morgan fingerprint density at radius 2 is 1.74 bits per heavy atom. The second-order valence-electron chi connectivity index (χ2n) is 8.06. The quantitative estimate of drug-likeness (QED) is 0.178. The van der Waals surface area contributed by atoms with Gasteiger partial charge in [0.1, 0.15) is 5.75 Å². The van der Waals surface area contributed by atoms with E-state index in [1.807, 2.05) is 6.92 Å². The summed E-state index contributed by atoms with van der Waals surface area (Å²) < 4.78 is 16.6. The number of aryl methyl sites for hydroxylation is 1. The first-order chi connectivity index (χ1) is 18.7. The molecule has 12 heteroatoms. The number of nitrogens with zero attached hydrogens (tertiary/aromatic N) is 1. The highest BCUT2D eigenvalue weighted by Crippen LogP contribution is 2.36. The molecule has 0 spiro atoms.